The van der Waals surface area contributed by atoms with E-state index in [4.69, 9.17) is 5.73 Å². The first-order valence-electron chi connectivity index (χ1n) is 4.02. The van der Waals surface area contributed by atoms with E-state index >= 15 is 0 Å². The first-order valence-corrected chi connectivity index (χ1v) is 4.02. The van der Waals surface area contributed by atoms with Gasteiger partial charge in [-0.25, -0.2) is 0 Å². The van der Waals surface area contributed by atoms with E-state index in [2.05, 4.69) is 0 Å². The second kappa shape index (κ2) is 3.40. The Bertz CT molecular complexity index is 255. The van der Waals surface area contributed by atoms with Crippen molar-refractivity contribution in [2.45, 2.75) is 31.9 Å². The zero-order chi connectivity index (χ0) is 10.1. The first kappa shape index (κ1) is 10.1. The van der Waals surface area contributed by atoms with Crippen LogP contribution in [0.3, 0.4) is 0 Å². The van der Waals surface area contributed by atoms with Crippen LogP contribution in [0.2, 0.25) is 0 Å². The third kappa shape index (κ3) is 2.23. The molecule has 0 amide bonds. The van der Waals surface area contributed by atoms with Gasteiger partial charge in [0.2, 0.25) is 0 Å². The average molecular weight is 193 g/mol. The van der Waals surface area contributed by atoms with Gasteiger partial charge in [-0.3, -0.25) is 4.79 Å². The molecule has 0 atom stereocenters. The maximum absolute atomic E-state index is 12.0. The summed E-state index contributed by atoms with van der Waals surface area (Å²) in [5.41, 5.74) is 5.20. The Labute approximate surface area is 73.6 Å². The Morgan fingerprint density at radius 3 is 2.23 bits per heavy atom. The molecule has 0 aromatic heterocycles. The Hall–Kier alpha value is -1.00. The number of ketones is 1. The normalized spacial score (nSPS) is 19.0. The van der Waals surface area contributed by atoms with Crippen molar-refractivity contribution in [1.82, 2.24) is 0 Å². The highest BCUT2D eigenvalue weighted by Gasteiger charge is 2.41. The number of carbonyl (C=O) groups excluding carboxylic acids is 1. The highest BCUT2D eigenvalue weighted by molar-refractivity contribution is 6.00. The van der Waals surface area contributed by atoms with Gasteiger partial charge in [0.25, 0.3) is 5.78 Å². The van der Waals surface area contributed by atoms with Crippen molar-refractivity contribution in [3.8, 4) is 0 Å². The number of rotatable bonds is 1. The van der Waals surface area contributed by atoms with Crippen LogP contribution >= 0.6 is 0 Å². The molecule has 0 aromatic carbocycles. The van der Waals surface area contributed by atoms with E-state index in [1.807, 2.05) is 0 Å². The lowest BCUT2D eigenvalue weighted by Crippen LogP contribution is -2.28. The smallest absolute Gasteiger partial charge is 0.402 e. The summed E-state index contributed by atoms with van der Waals surface area (Å²) in [6.45, 7) is 0. The van der Waals surface area contributed by atoms with Crippen molar-refractivity contribution in [3.63, 3.8) is 0 Å². The van der Waals surface area contributed by atoms with Crippen molar-refractivity contribution in [2.75, 3.05) is 0 Å². The van der Waals surface area contributed by atoms with Crippen LogP contribution in [0.25, 0.3) is 0 Å². The Morgan fingerprint density at radius 1 is 1.23 bits per heavy atom. The molecular formula is C8H10F3NO. The quantitative estimate of drug-likeness (QED) is 0.691. The molecule has 5 heteroatoms. The highest BCUT2D eigenvalue weighted by Crippen LogP contribution is 2.28. The largest absolute Gasteiger partial charge is 0.454 e. The lowest BCUT2D eigenvalue weighted by molar-refractivity contribution is -0.166. The predicted octanol–water partition coefficient (Wildman–Crippen LogP) is 1.90. The van der Waals surface area contributed by atoms with Crippen LogP contribution in [0, 0.1) is 0 Å². The number of nitrogens with two attached hydrogens (primary N) is 1. The summed E-state index contributed by atoms with van der Waals surface area (Å²) >= 11 is 0. The van der Waals surface area contributed by atoms with E-state index in [1.54, 1.807) is 0 Å². The number of carbonyl (C=O) groups is 1. The molecule has 0 aromatic rings. The standard InChI is InChI=1S/C8H10F3NO/c9-8(10,11)7(13)5-3-1-2-4-6(5)12/h1-4,12H2. The Kier molecular flexibility index (Phi) is 2.63. The molecule has 0 heterocycles. The van der Waals surface area contributed by atoms with Crippen molar-refractivity contribution in [2.24, 2.45) is 5.73 Å². The molecule has 1 aliphatic carbocycles. The molecule has 2 nitrogen and oxygen atoms in total. The molecule has 0 radical (unpaired) electrons. The van der Waals surface area contributed by atoms with Crippen LogP contribution in [-0.4, -0.2) is 12.0 Å². The summed E-state index contributed by atoms with van der Waals surface area (Å²) in [6.07, 6.45) is -2.85. The third-order valence-electron chi connectivity index (χ3n) is 2.04. The van der Waals surface area contributed by atoms with Gasteiger partial charge < -0.3 is 5.73 Å². The van der Waals surface area contributed by atoms with Crippen LogP contribution in [-0.2, 0) is 4.79 Å². The summed E-state index contributed by atoms with van der Waals surface area (Å²) in [6, 6.07) is 0. The van der Waals surface area contributed by atoms with Crippen LogP contribution < -0.4 is 5.73 Å². The minimum absolute atomic E-state index is 0.105. The molecule has 0 spiro atoms. The summed E-state index contributed by atoms with van der Waals surface area (Å²) in [4.78, 5) is 10.8. The SMILES string of the molecule is NC1=C(C(=O)C(F)(F)F)CCCC1. The number of allylic oxidation sites excluding steroid dienone is 2. The zero-order valence-electron chi connectivity index (χ0n) is 6.95. The van der Waals surface area contributed by atoms with E-state index in [9.17, 15) is 18.0 Å². The number of Topliss-reactive ketones (excluding diaryl/α,β-unsaturated/α-hetero) is 1. The molecule has 0 saturated heterocycles. The summed E-state index contributed by atoms with van der Waals surface area (Å²) < 4.78 is 35.9. The van der Waals surface area contributed by atoms with Crippen molar-refractivity contribution >= 4 is 5.78 Å². The zero-order valence-corrected chi connectivity index (χ0v) is 6.95. The highest BCUT2D eigenvalue weighted by atomic mass is 19.4. The van der Waals surface area contributed by atoms with E-state index in [0.717, 1.165) is 6.42 Å². The molecule has 0 fully saturated rings. The molecule has 13 heavy (non-hydrogen) atoms. The molecule has 1 aliphatic rings. The molecule has 0 unspecified atom stereocenters. The van der Waals surface area contributed by atoms with Crippen LogP contribution in [0.4, 0.5) is 13.2 Å². The first-order chi connectivity index (χ1) is 5.93. The van der Waals surface area contributed by atoms with E-state index in [0.29, 0.717) is 12.8 Å². The molecule has 0 saturated carbocycles. The molecule has 74 valence electrons. The van der Waals surface area contributed by atoms with E-state index in [-0.39, 0.29) is 17.7 Å². The lowest BCUT2D eigenvalue weighted by Gasteiger charge is -2.17. The maximum atomic E-state index is 12.0. The van der Waals surface area contributed by atoms with Gasteiger partial charge in [-0.05, 0) is 25.7 Å². The number of halogens is 3. The van der Waals surface area contributed by atoms with Gasteiger partial charge in [0.1, 0.15) is 0 Å². The molecule has 2 N–H and O–H groups in total. The fraction of sp³-hybridized carbons (Fsp3) is 0.625. The minimum Gasteiger partial charge on any atom is -0.402 e. The summed E-state index contributed by atoms with van der Waals surface area (Å²) in [7, 11) is 0. The molecule has 0 bridgehead atoms. The number of hydrogen-bond donors (Lipinski definition) is 1. The predicted molar refractivity (Wildman–Crippen MR) is 40.7 cm³/mol. The Balaban J connectivity index is 2.87. The van der Waals surface area contributed by atoms with E-state index < -0.39 is 12.0 Å². The van der Waals surface area contributed by atoms with Crippen LogP contribution in [0.15, 0.2) is 11.3 Å². The van der Waals surface area contributed by atoms with Gasteiger partial charge in [-0.2, -0.15) is 13.2 Å². The summed E-state index contributed by atoms with van der Waals surface area (Å²) in [5, 5.41) is 0. The molecule has 1 rings (SSSR count). The van der Waals surface area contributed by atoms with E-state index in [1.165, 1.54) is 0 Å². The maximum Gasteiger partial charge on any atom is 0.454 e. The molecular weight excluding hydrogens is 183 g/mol. The van der Waals surface area contributed by atoms with Gasteiger partial charge >= 0.3 is 6.18 Å². The molecule has 0 aliphatic heterocycles. The van der Waals surface area contributed by atoms with Gasteiger partial charge in [0.05, 0.1) is 0 Å². The fourth-order valence-electron chi connectivity index (χ4n) is 1.36. The average Bonchev–Trinajstić information content (AvgIpc) is 2.02. The van der Waals surface area contributed by atoms with Crippen LogP contribution in [0.5, 0.6) is 0 Å². The van der Waals surface area contributed by atoms with Gasteiger partial charge in [0.15, 0.2) is 0 Å². The fourth-order valence-corrected chi connectivity index (χ4v) is 1.36. The second-order valence-corrected chi connectivity index (χ2v) is 3.04. The van der Waals surface area contributed by atoms with Gasteiger partial charge in [-0.1, -0.05) is 0 Å². The number of hydrogen-bond acceptors (Lipinski definition) is 2. The van der Waals surface area contributed by atoms with Crippen molar-refractivity contribution < 1.29 is 18.0 Å². The Morgan fingerprint density at radius 2 is 1.77 bits per heavy atom. The number of alkyl halides is 3. The lowest BCUT2D eigenvalue weighted by atomic mass is 9.93. The monoisotopic (exact) mass is 193 g/mol. The summed E-state index contributed by atoms with van der Waals surface area (Å²) in [5.74, 6) is -1.77. The van der Waals surface area contributed by atoms with Gasteiger partial charge in [-0.15, -0.1) is 0 Å². The van der Waals surface area contributed by atoms with Crippen LogP contribution in [0.1, 0.15) is 25.7 Å². The minimum atomic E-state index is -4.78. The van der Waals surface area contributed by atoms with Gasteiger partial charge in [0, 0.05) is 11.3 Å². The van der Waals surface area contributed by atoms with Crippen molar-refractivity contribution in [3.05, 3.63) is 11.3 Å². The third-order valence-corrected chi connectivity index (χ3v) is 2.04. The van der Waals surface area contributed by atoms with Crippen molar-refractivity contribution in [1.29, 1.82) is 0 Å². The second-order valence-electron chi connectivity index (χ2n) is 3.04. The topological polar surface area (TPSA) is 43.1 Å².